The van der Waals surface area contributed by atoms with Gasteiger partial charge in [0.15, 0.2) is 11.6 Å². The molecule has 0 bridgehead atoms. The zero-order valence-corrected chi connectivity index (χ0v) is 14.2. The highest BCUT2D eigenvalue weighted by molar-refractivity contribution is 5.96. The quantitative estimate of drug-likeness (QED) is 0.650. The number of aromatic nitrogens is 2. The SMILES string of the molecule is O=C(O)c1cc2c(cnn2C2C=CCCC2)cc1Oc1ccc(F)cc1F. The van der Waals surface area contributed by atoms with Crippen LogP contribution in [0.15, 0.2) is 48.7 Å². The van der Waals surface area contributed by atoms with E-state index in [4.69, 9.17) is 4.74 Å². The highest BCUT2D eigenvalue weighted by atomic mass is 19.1. The summed E-state index contributed by atoms with van der Waals surface area (Å²) in [5.74, 6) is -3.13. The summed E-state index contributed by atoms with van der Waals surface area (Å²) in [7, 11) is 0. The van der Waals surface area contributed by atoms with Crippen molar-refractivity contribution in [3.05, 3.63) is 65.9 Å². The van der Waals surface area contributed by atoms with Gasteiger partial charge < -0.3 is 9.84 Å². The van der Waals surface area contributed by atoms with E-state index < -0.39 is 17.6 Å². The molecule has 1 unspecified atom stereocenters. The second-order valence-corrected chi connectivity index (χ2v) is 6.40. The molecule has 0 aliphatic heterocycles. The van der Waals surface area contributed by atoms with Gasteiger partial charge in [0.2, 0.25) is 0 Å². The lowest BCUT2D eigenvalue weighted by Crippen LogP contribution is -2.10. The topological polar surface area (TPSA) is 64.3 Å². The summed E-state index contributed by atoms with van der Waals surface area (Å²) in [6.07, 6.45) is 8.77. The van der Waals surface area contributed by atoms with E-state index in [1.807, 2.05) is 0 Å². The van der Waals surface area contributed by atoms with Crippen LogP contribution in [0.2, 0.25) is 0 Å². The smallest absolute Gasteiger partial charge is 0.339 e. The van der Waals surface area contributed by atoms with Crippen molar-refractivity contribution >= 4 is 16.9 Å². The van der Waals surface area contributed by atoms with Gasteiger partial charge in [-0.1, -0.05) is 12.2 Å². The van der Waals surface area contributed by atoms with Gasteiger partial charge in [-0.3, -0.25) is 4.68 Å². The Hall–Kier alpha value is -3.22. The third-order valence-electron chi connectivity index (χ3n) is 4.58. The van der Waals surface area contributed by atoms with Crippen molar-refractivity contribution in [2.75, 3.05) is 0 Å². The van der Waals surface area contributed by atoms with Crippen molar-refractivity contribution in [1.82, 2.24) is 9.78 Å². The largest absolute Gasteiger partial charge is 0.478 e. The molecule has 4 rings (SSSR count). The fraction of sp³-hybridized carbons (Fsp3) is 0.200. The summed E-state index contributed by atoms with van der Waals surface area (Å²) < 4.78 is 34.2. The van der Waals surface area contributed by atoms with Crippen molar-refractivity contribution in [3.63, 3.8) is 0 Å². The summed E-state index contributed by atoms with van der Waals surface area (Å²) in [4.78, 5) is 11.7. The third kappa shape index (κ3) is 3.28. The number of nitrogens with zero attached hydrogens (tertiary/aromatic N) is 2. The number of ether oxygens (including phenoxy) is 1. The van der Waals surface area contributed by atoms with Gasteiger partial charge in [-0.25, -0.2) is 13.6 Å². The predicted molar refractivity (Wildman–Crippen MR) is 95.2 cm³/mol. The van der Waals surface area contributed by atoms with Gasteiger partial charge in [-0.05, 0) is 43.5 Å². The molecule has 5 nitrogen and oxygen atoms in total. The van der Waals surface area contributed by atoms with Gasteiger partial charge in [0.05, 0.1) is 17.8 Å². The minimum absolute atomic E-state index is 0.0285. The first kappa shape index (κ1) is 17.2. The number of hydrogen-bond acceptors (Lipinski definition) is 3. The molecule has 0 fully saturated rings. The Morgan fingerprint density at radius 2 is 2.07 bits per heavy atom. The molecule has 1 aliphatic rings. The van der Waals surface area contributed by atoms with Crippen molar-refractivity contribution in [2.45, 2.75) is 25.3 Å². The van der Waals surface area contributed by atoms with E-state index in [2.05, 4.69) is 17.3 Å². The maximum atomic E-state index is 13.9. The van der Waals surface area contributed by atoms with Gasteiger partial charge in [-0.2, -0.15) is 5.10 Å². The number of aromatic carboxylic acids is 1. The molecule has 3 aromatic rings. The second kappa shape index (κ2) is 6.83. The number of carbonyl (C=O) groups is 1. The Labute approximate surface area is 153 Å². The highest BCUT2D eigenvalue weighted by Gasteiger charge is 2.20. The third-order valence-corrected chi connectivity index (χ3v) is 4.58. The zero-order valence-electron chi connectivity index (χ0n) is 14.2. The number of hydrogen-bond donors (Lipinski definition) is 1. The number of carboxylic acids is 1. The fourth-order valence-corrected chi connectivity index (χ4v) is 3.26. The van der Waals surface area contributed by atoms with E-state index in [0.29, 0.717) is 17.0 Å². The maximum Gasteiger partial charge on any atom is 0.339 e. The van der Waals surface area contributed by atoms with E-state index in [1.165, 1.54) is 12.1 Å². The molecule has 1 aromatic heterocycles. The zero-order chi connectivity index (χ0) is 19.0. The molecule has 138 valence electrons. The molecular formula is C20H16F2N2O3. The molecule has 7 heteroatoms. The van der Waals surface area contributed by atoms with Crippen LogP contribution >= 0.6 is 0 Å². The summed E-state index contributed by atoms with van der Waals surface area (Å²) in [5, 5.41) is 14.6. The van der Waals surface area contributed by atoms with Gasteiger partial charge in [-0.15, -0.1) is 0 Å². The van der Waals surface area contributed by atoms with Crippen molar-refractivity contribution in [3.8, 4) is 11.5 Å². The number of allylic oxidation sites excluding steroid dienone is 2. The summed E-state index contributed by atoms with van der Waals surface area (Å²) >= 11 is 0. The lowest BCUT2D eigenvalue weighted by molar-refractivity contribution is 0.0694. The first-order valence-corrected chi connectivity index (χ1v) is 8.57. The number of fused-ring (bicyclic) bond motifs is 1. The van der Waals surface area contributed by atoms with E-state index in [-0.39, 0.29) is 23.1 Å². The van der Waals surface area contributed by atoms with Crippen LogP contribution in [0, 0.1) is 11.6 Å². The molecular weight excluding hydrogens is 354 g/mol. The highest BCUT2D eigenvalue weighted by Crippen LogP contribution is 2.33. The number of halogens is 2. The summed E-state index contributed by atoms with van der Waals surface area (Å²) in [6, 6.07) is 5.91. The summed E-state index contributed by atoms with van der Waals surface area (Å²) in [6.45, 7) is 0. The van der Waals surface area contributed by atoms with E-state index in [0.717, 1.165) is 31.4 Å². The van der Waals surface area contributed by atoms with Crippen LogP contribution in [0.25, 0.3) is 10.9 Å². The van der Waals surface area contributed by atoms with Crippen LogP contribution in [0.4, 0.5) is 8.78 Å². The normalized spacial score (nSPS) is 16.6. The average Bonchev–Trinajstić information content (AvgIpc) is 3.07. The lowest BCUT2D eigenvalue weighted by atomic mass is 10.0. The van der Waals surface area contributed by atoms with Gasteiger partial charge >= 0.3 is 5.97 Å². The molecule has 1 aliphatic carbocycles. The van der Waals surface area contributed by atoms with Gasteiger partial charge in [0, 0.05) is 11.5 Å². The molecule has 0 saturated carbocycles. The Bertz CT molecular complexity index is 1060. The van der Waals surface area contributed by atoms with Crippen LogP contribution in [0.1, 0.15) is 35.7 Å². The molecule has 1 heterocycles. The van der Waals surface area contributed by atoms with Crippen LogP contribution in [0.5, 0.6) is 11.5 Å². The van der Waals surface area contributed by atoms with Gasteiger partial charge in [0.25, 0.3) is 0 Å². The van der Waals surface area contributed by atoms with Crippen LogP contribution in [-0.4, -0.2) is 20.9 Å². The Balaban J connectivity index is 1.79. The molecule has 0 radical (unpaired) electrons. The molecule has 27 heavy (non-hydrogen) atoms. The standard InChI is InChI=1S/C20H16F2N2O3/c21-13-6-7-18(16(22)9-13)27-19-8-12-11-23-24(14-4-2-1-3-5-14)17(12)10-15(19)20(25)26/h2,4,6-11,14H,1,3,5H2,(H,25,26). The minimum Gasteiger partial charge on any atom is -0.478 e. The van der Waals surface area contributed by atoms with Crippen LogP contribution in [0.3, 0.4) is 0 Å². The minimum atomic E-state index is -1.21. The Morgan fingerprint density at radius 1 is 1.22 bits per heavy atom. The molecule has 1 atom stereocenters. The summed E-state index contributed by atoms with van der Waals surface area (Å²) in [5.41, 5.74) is 0.545. The lowest BCUT2D eigenvalue weighted by Gasteiger charge is -2.18. The molecule has 2 aromatic carbocycles. The van der Waals surface area contributed by atoms with Gasteiger partial charge in [0.1, 0.15) is 17.1 Å². The number of rotatable bonds is 4. The Kier molecular flexibility index (Phi) is 4.35. The van der Waals surface area contributed by atoms with E-state index >= 15 is 0 Å². The maximum absolute atomic E-state index is 13.9. The predicted octanol–water partition coefficient (Wildman–Crippen LogP) is 5.09. The first-order chi connectivity index (χ1) is 13.0. The second-order valence-electron chi connectivity index (χ2n) is 6.40. The molecule has 0 amide bonds. The van der Waals surface area contributed by atoms with Crippen molar-refractivity contribution in [2.24, 2.45) is 0 Å². The Morgan fingerprint density at radius 3 is 2.78 bits per heavy atom. The average molecular weight is 370 g/mol. The van der Waals surface area contributed by atoms with Crippen LogP contribution in [-0.2, 0) is 0 Å². The van der Waals surface area contributed by atoms with Crippen LogP contribution < -0.4 is 4.74 Å². The molecule has 0 spiro atoms. The van der Waals surface area contributed by atoms with E-state index in [9.17, 15) is 18.7 Å². The molecule has 0 saturated heterocycles. The monoisotopic (exact) mass is 370 g/mol. The number of carboxylic acid groups (broad SMARTS) is 1. The molecule has 1 N–H and O–H groups in total. The van der Waals surface area contributed by atoms with Crippen molar-refractivity contribution < 1.29 is 23.4 Å². The van der Waals surface area contributed by atoms with Crippen molar-refractivity contribution in [1.29, 1.82) is 0 Å². The number of benzene rings is 2. The van der Waals surface area contributed by atoms with E-state index in [1.54, 1.807) is 10.9 Å². The fourth-order valence-electron chi connectivity index (χ4n) is 3.26. The first-order valence-electron chi connectivity index (χ1n) is 8.57.